The molecular weight excluding hydrogens is 571 g/mol. The van der Waals surface area contributed by atoms with E-state index >= 15 is 0 Å². The Morgan fingerprint density at radius 1 is 1.02 bits per heavy atom. The molecule has 0 saturated heterocycles. The number of benzene rings is 3. The van der Waals surface area contributed by atoms with Crippen LogP contribution < -0.4 is 4.90 Å². The summed E-state index contributed by atoms with van der Waals surface area (Å²) in [7, 11) is 0. The van der Waals surface area contributed by atoms with Crippen molar-refractivity contribution in [3.8, 4) is 12.1 Å². The summed E-state index contributed by atoms with van der Waals surface area (Å²) >= 11 is 0. The van der Waals surface area contributed by atoms with Gasteiger partial charge in [0.15, 0.2) is 5.82 Å². The van der Waals surface area contributed by atoms with Gasteiger partial charge in [-0.2, -0.15) is 33.8 Å². The number of amides is 1. The van der Waals surface area contributed by atoms with Crippen LogP contribution in [0.15, 0.2) is 90.1 Å². The van der Waals surface area contributed by atoms with Gasteiger partial charge in [-0.25, -0.2) is 9.48 Å². The largest absolute Gasteiger partial charge is 0.465 e. The van der Waals surface area contributed by atoms with Crippen molar-refractivity contribution < 1.29 is 23.1 Å². The van der Waals surface area contributed by atoms with E-state index in [0.717, 1.165) is 17.7 Å². The second-order valence-corrected chi connectivity index (χ2v) is 10.2. The smallest absolute Gasteiger partial charge is 0.416 e. The molecule has 1 aromatic heterocycles. The Labute approximate surface area is 251 Å². The number of anilines is 2. The second-order valence-electron chi connectivity index (χ2n) is 10.2. The lowest BCUT2D eigenvalue weighted by Crippen LogP contribution is -2.31. The molecule has 4 aromatic rings. The Bertz CT molecular complexity index is 1790. The Hall–Kier alpha value is -5.62. The van der Waals surface area contributed by atoms with E-state index in [0.29, 0.717) is 29.1 Å². The van der Waals surface area contributed by atoms with Crippen molar-refractivity contribution in [3.05, 3.63) is 118 Å². The molecule has 1 aliphatic rings. The van der Waals surface area contributed by atoms with E-state index in [2.05, 4.69) is 22.2 Å². The number of aryl methyl sites for hydroxylation is 1. The first-order chi connectivity index (χ1) is 21.1. The molecule has 0 radical (unpaired) electrons. The van der Waals surface area contributed by atoms with Crippen molar-refractivity contribution >= 4 is 17.7 Å². The van der Waals surface area contributed by atoms with Gasteiger partial charge in [0.2, 0.25) is 5.95 Å². The van der Waals surface area contributed by atoms with E-state index in [1.54, 1.807) is 31.2 Å². The molecule has 1 N–H and O–H groups in total. The predicted octanol–water partition coefficient (Wildman–Crippen LogP) is 6.82. The van der Waals surface area contributed by atoms with Crippen molar-refractivity contribution in [2.75, 3.05) is 11.4 Å². The van der Waals surface area contributed by atoms with E-state index in [4.69, 9.17) is 0 Å². The molecule has 0 saturated carbocycles. The zero-order valence-corrected chi connectivity index (χ0v) is 23.5. The standard InChI is InChI=1S/C32H26F3N7O2/c1-21-27(19-37)29(24-14-12-22(18-36)13-15-24)42-30(41(21)26-10-5-9-25(17-26)32(33,34)35)38-28(39-42)11-6-16-40(31(43)44)20-23-7-3-2-4-8-23/h2-5,7-10,12-15,17,29H,6,11,16,20H2,1H3,(H,43,44)/t29-/m1/s1. The Kier molecular flexibility index (Phi) is 8.36. The fraction of sp³-hybridized carbons (Fsp3) is 0.219. The molecule has 0 unspecified atom stereocenters. The number of rotatable bonds is 8. The van der Waals surface area contributed by atoms with Gasteiger partial charge in [0.05, 0.1) is 28.8 Å². The van der Waals surface area contributed by atoms with Gasteiger partial charge in [-0.05, 0) is 54.8 Å². The molecule has 5 rings (SSSR count). The van der Waals surface area contributed by atoms with Gasteiger partial charge < -0.3 is 10.0 Å². The summed E-state index contributed by atoms with van der Waals surface area (Å²) in [6.07, 6.45) is -5.00. The topological polar surface area (TPSA) is 122 Å². The first-order valence-electron chi connectivity index (χ1n) is 13.7. The van der Waals surface area contributed by atoms with Gasteiger partial charge in [-0.1, -0.05) is 48.5 Å². The molecule has 44 heavy (non-hydrogen) atoms. The van der Waals surface area contributed by atoms with Gasteiger partial charge in [-0.15, -0.1) is 0 Å². The van der Waals surface area contributed by atoms with Crippen molar-refractivity contribution in [2.45, 2.75) is 38.5 Å². The number of fused-ring (bicyclic) bond motifs is 1. The van der Waals surface area contributed by atoms with Crippen molar-refractivity contribution in [2.24, 2.45) is 0 Å². The highest BCUT2D eigenvalue weighted by molar-refractivity contribution is 5.69. The van der Waals surface area contributed by atoms with Gasteiger partial charge in [0.25, 0.3) is 0 Å². The zero-order chi connectivity index (χ0) is 31.4. The number of alkyl halides is 3. The average molecular weight is 598 g/mol. The first-order valence-corrected chi connectivity index (χ1v) is 13.7. The SMILES string of the molecule is CC1=C(C#N)[C@@H](c2ccc(C#N)cc2)n2nc(CCCN(Cc3ccccc3)C(=O)O)nc2N1c1cccc(C(F)(F)F)c1. The minimum absolute atomic E-state index is 0.156. The number of hydrogen-bond acceptors (Lipinski definition) is 6. The quantitative estimate of drug-likeness (QED) is 0.237. The summed E-state index contributed by atoms with van der Waals surface area (Å²) < 4.78 is 42.4. The normalized spacial score (nSPS) is 14.5. The van der Waals surface area contributed by atoms with Crippen LogP contribution in [-0.4, -0.2) is 37.4 Å². The highest BCUT2D eigenvalue weighted by Gasteiger charge is 2.37. The van der Waals surface area contributed by atoms with Crippen LogP contribution in [0.2, 0.25) is 0 Å². The maximum atomic E-state index is 13.6. The van der Waals surface area contributed by atoms with E-state index in [1.165, 1.54) is 26.6 Å². The number of carboxylic acid groups (broad SMARTS) is 1. The Morgan fingerprint density at radius 3 is 2.39 bits per heavy atom. The number of halogens is 3. The molecular formula is C32H26F3N7O2. The zero-order valence-electron chi connectivity index (χ0n) is 23.5. The minimum Gasteiger partial charge on any atom is -0.465 e. The summed E-state index contributed by atoms with van der Waals surface area (Å²) in [5.74, 6) is 0.553. The van der Waals surface area contributed by atoms with E-state index in [-0.39, 0.29) is 36.7 Å². The lowest BCUT2D eigenvalue weighted by Gasteiger charge is -2.34. The van der Waals surface area contributed by atoms with Crippen molar-refractivity contribution in [1.82, 2.24) is 19.7 Å². The third kappa shape index (κ3) is 6.10. The maximum absolute atomic E-state index is 13.6. The lowest BCUT2D eigenvalue weighted by atomic mass is 9.95. The molecule has 12 heteroatoms. The number of hydrogen-bond donors (Lipinski definition) is 1. The van der Waals surface area contributed by atoms with Crippen LogP contribution >= 0.6 is 0 Å². The summed E-state index contributed by atoms with van der Waals surface area (Å²) in [6, 6.07) is 24.1. The summed E-state index contributed by atoms with van der Waals surface area (Å²) in [5, 5.41) is 33.9. The van der Waals surface area contributed by atoms with Crippen molar-refractivity contribution in [1.29, 1.82) is 10.5 Å². The van der Waals surface area contributed by atoms with Crippen LogP contribution in [0.5, 0.6) is 0 Å². The molecule has 0 fully saturated rings. The molecule has 0 spiro atoms. The van der Waals surface area contributed by atoms with Crippen LogP contribution in [0.1, 0.15) is 47.5 Å². The van der Waals surface area contributed by atoms with E-state index in [1.807, 2.05) is 30.3 Å². The number of carbonyl (C=O) groups is 1. The number of nitriles is 2. The molecule has 1 amide bonds. The van der Waals surface area contributed by atoms with Crippen molar-refractivity contribution in [3.63, 3.8) is 0 Å². The van der Waals surface area contributed by atoms with Crippen LogP contribution in [0.3, 0.4) is 0 Å². The van der Waals surface area contributed by atoms with Crippen LogP contribution in [0, 0.1) is 22.7 Å². The van der Waals surface area contributed by atoms with Crippen LogP contribution in [-0.2, 0) is 19.1 Å². The van der Waals surface area contributed by atoms with Gasteiger partial charge >= 0.3 is 12.3 Å². The summed E-state index contributed by atoms with van der Waals surface area (Å²) in [4.78, 5) is 19.4. The second kappa shape index (κ2) is 12.3. The Balaban J connectivity index is 1.52. The van der Waals surface area contributed by atoms with Gasteiger partial charge in [0, 0.05) is 30.9 Å². The average Bonchev–Trinajstić information content (AvgIpc) is 3.43. The number of nitrogens with zero attached hydrogens (tertiary/aromatic N) is 7. The molecule has 1 aliphatic heterocycles. The molecule has 1 atom stereocenters. The highest BCUT2D eigenvalue weighted by Crippen LogP contribution is 2.43. The van der Waals surface area contributed by atoms with Gasteiger partial charge in [-0.3, -0.25) is 4.90 Å². The molecule has 0 bridgehead atoms. The first kappa shape index (κ1) is 29.9. The molecule has 3 aromatic carbocycles. The minimum atomic E-state index is -4.58. The van der Waals surface area contributed by atoms with E-state index in [9.17, 15) is 33.6 Å². The van der Waals surface area contributed by atoms with Crippen LogP contribution in [0.4, 0.5) is 29.6 Å². The van der Waals surface area contributed by atoms with Crippen LogP contribution in [0.25, 0.3) is 0 Å². The number of allylic oxidation sites excluding steroid dienone is 2. The third-order valence-electron chi connectivity index (χ3n) is 7.32. The molecule has 2 heterocycles. The van der Waals surface area contributed by atoms with E-state index < -0.39 is 23.9 Å². The fourth-order valence-electron chi connectivity index (χ4n) is 5.17. The highest BCUT2D eigenvalue weighted by atomic mass is 19.4. The molecule has 222 valence electrons. The fourth-order valence-corrected chi connectivity index (χ4v) is 5.17. The number of aromatic nitrogens is 3. The maximum Gasteiger partial charge on any atom is 0.416 e. The Morgan fingerprint density at radius 2 is 1.75 bits per heavy atom. The third-order valence-corrected chi connectivity index (χ3v) is 7.32. The summed E-state index contributed by atoms with van der Waals surface area (Å²) in [5.41, 5.74) is 1.84. The predicted molar refractivity (Wildman–Crippen MR) is 154 cm³/mol. The monoisotopic (exact) mass is 597 g/mol. The molecule has 9 nitrogen and oxygen atoms in total. The van der Waals surface area contributed by atoms with Gasteiger partial charge in [0.1, 0.15) is 6.04 Å². The molecule has 0 aliphatic carbocycles. The summed E-state index contributed by atoms with van der Waals surface area (Å²) in [6.45, 7) is 2.05. The lowest BCUT2D eigenvalue weighted by molar-refractivity contribution is -0.137.